The smallest absolute Gasteiger partial charge is 0.110 e. The predicted octanol–water partition coefficient (Wildman–Crippen LogP) is 4.48. The second-order valence-electron chi connectivity index (χ2n) is 3.87. The molecular weight excluding hydrogens is 222 g/mol. The van der Waals surface area contributed by atoms with Crippen molar-refractivity contribution in [1.82, 2.24) is 0 Å². The van der Waals surface area contributed by atoms with Gasteiger partial charge in [0.15, 0.2) is 0 Å². The molecule has 0 aliphatic carbocycles. The number of hydrogen-bond donors (Lipinski definition) is 0. The molecule has 86 valence electrons. The Morgan fingerprint density at radius 3 is 2.31 bits per heavy atom. The van der Waals surface area contributed by atoms with E-state index in [1.54, 1.807) is 0 Å². The summed E-state index contributed by atoms with van der Waals surface area (Å²) in [4.78, 5) is 0. The summed E-state index contributed by atoms with van der Waals surface area (Å²) in [6, 6.07) is 2.17. The fourth-order valence-corrected chi connectivity index (χ4v) is 2.14. The van der Waals surface area contributed by atoms with Gasteiger partial charge in [0, 0.05) is 11.1 Å². The van der Waals surface area contributed by atoms with E-state index in [4.69, 9.17) is 21.3 Å². The molecule has 0 amide bonds. The van der Waals surface area contributed by atoms with E-state index >= 15 is 0 Å². The lowest BCUT2D eigenvalue weighted by molar-refractivity contribution is 0.502. The van der Waals surface area contributed by atoms with Crippen LogP contribution in [0, 0.1) is 32.1 Å². The minimum atomic E-state index is 0.538. The molecule has 0 fully saturated rings. The van der Waals surface area contributed by atoms with Gasteiger partial charge in [0.2, 0.25) is 0 Å². The van der Waals surface area contributed by atoms with Crippen LogP contribution in [0.1, 0.15) is 42.4 Å². The standard InChI is InChI=1S/C13H16ClNO/c1-5-6-11(7-15)13(14)12-8(2)9(3)16-10(12)4/h5-6H2,1-4H3. The SMILES string of the molecule is CCCC(C#N)=C(Cl)c1c(C)oc(C)c1C. The summed E-state index contributed by atoms with van der Waals surface area (Å²) < 4.78 is 5.51. The lowest BCUT2D eigenvalue weighted by Crippen LogP contribution is -1.88. The van der Waals surface area contributed by atoms with E-state index in [0.717, 1.165) is 29.1 Å². The summed E-state index contributed by atoms with van der Waals surface area (Å²) in [7, 11) is 0. The Morgan fingerprint density at radius 1 is 1.31 bits per heavy atom. The number of hydrogen-bond acceptors (Lipinski definition) is 2. The highest BCUT2D eigenvalue weighted by atomic mass is 35.5. The molecule has 3 heteroatoms. The molecule has 0 spiro atoms. The van der Waals surface area contributed by atoms with Crippen LogP contribution < -0.4 is 0 Å². The number of rotatable bonds is 3. The molecule has 0 atom stereocenters. The van der Waals surface area contributed by atoms with Gasteiger partial charge in [0.1, 0.15) is 11.5 Å². The summed E-state index contributed by atoms with van der Waals surface area (Å²) >= 11 is 6.27. The van der Waals surface area contributed by atoms with Crippen LogP contribution in [0.4, 0.5) is 0 Å². The van der Waals surface area contributed by atoms with E-state index in [9.17, 15) is 0 Å². The Kier molecular flexibility index (Phi) is 4.20. The van der Waals surface area contributed by atoms with Crippen LogP contribution >= 0.6 is 11.6 Å². The molecule has 0 radical (unpaired) electrons. The highest BCUT2D eigenvalue weighted by molar-refractivity contribution is 6.49. The third-order valence-electron chi connectivity index (χ3n) is 2.68. The Bertz CT molecular complexity index is 463. The third kappa shape index (κ3) is 2.31. The lowest BCUT2D eigenvalue weighted by Gasteiger charge is -2.03. The van der Waals surface area contributed by atoms with Gasteiger partial charge in [0.25, 0.3) is 0 Å². The first kappa shape index (κ1) is 12.9. The van der Waals surface area contributed by atoms with Crippen molar-refractivity contribution in [2.24, 2.45) is 0 Å². The molecule has 0 aromatic carbocycles. The topological polar surface area (TPSA) is 36.9 Å². The molecule has 0 aliphatic rings. The molecule has 1 rings (SSSR count). The predicted molar refractivity (Wildman–Crippen MR) is 66.2 cm³/mol. The van der Waals surface area contributed by atoms with Crippen molar-refractivity contribution in [1.29, 1.82) is 5.26 Å². The van der Waals surface area contributed by atoms with Crippen LogP contribution in [0.15, 0.2) is 9.99 Å². The van der Waals surface area contributed by atoms with Crippen LogP contribution in [0.3, 0.4) is 0 Å². The van der Waals surface area contributed by atoms with Gasteiger partial charge in [-0.05, 0) is 32.8 Å². The minimum Gasteiger partial charge on any atom is -0.466 e. The van der Waals surface area contributed by atoms with Crippen molar-refractivity contribution in [3.05, 3.63) is 28.2 Å². The lowest BCUT2D eigenvalue weighted by atomic mass is 10.0. The zero-order chi connectivity index (χ0) is 12.3. The maximum absolute atomic E-state index is 9.05. The number of nitrogens with zero attached hydrogens (tertiary/aromatic N) is 1. The number of aryl methyl sites for hydroxylation is 2. The molecule has 1 aromatic rings. The Labute approximate surface area is 102 Å². The first-order valence-corrected chi connectivity index (χ1v) is 5.76. The quantitative estimate of drug-likeness (QED) is 0.727. The molecule has 0 saturated heterocycles. The fraction of sp³-hybridized carbons (Fsp3) is 0.462. The Balaban J connectivity index is 3.33. The van der Waals surface area contributed by atoms with E-state index in [2.05, 4.69) is 6.07 Å². The number of halogens is 1. The number of nitriles is 1. The van der Waals surface area contributed by atoms with Crippen LogP contribution in [0.2, 0.25) is 0 Å². The maximum atomic E-state index is 9.05. The molecule has 0 unspecified atom stereocenters. The Hall–Kier alpha value is -1.20. The highest BCUT2D eigenvalue weighted by Crippen LogP contribution is 2.33. The van der Waals surface area contributed by atoms with Gasteiger partial charge in [-0.1, -0.05) is 24.9 Å². The maximum Gasteiger partial charge on any atom is 0.110 e. The van der Waals surface area contributed by atoms with Gasteiger partial charge < -0.3 is 4.42 Å². The van der Waals surface area contributed by atoms with Gasteiger partial charge in [0.05, 0.1) is 11.1 Å². The number of allylic oxidation sites excluding steroid dienone is 1. The van der Waals surface area contributed by atoms with Crippen molar-refractivity contribution in [3.63, 3.8) is 0 Å². The van der Waals surface area contributed by atoms with E-state index in [-0.39, 0.29) is 0 Å². The molecule has 1 heterocycles. The zero-order valence-corrected chi connectivity index (χ0v) is 10.9. The summed E-state index contributed by atoms with van der Waals surface area (Å²) in [5, 5.41) is 9.59. The van der Waals surface area contributed by atoms with E-state index in [0.29, 0.717) is 17.0 Å². The van der Waals surface area contributed by atoms with E-state index < -0.39 is 0 Å². The van der Waals surface area contributed by atoms with Crippen molar-refractivity contribution >= 4 is 16.6 Å². The molecule has 1 aromatic heterocycles. The molecule has 16 heavy (non-hydrogen) atoms. The van der Waals surface area contributed by atoms with E-state index in [1.807, 2.05) is 27.7 Å². The van der Waals surface area contributed by atoms with Gasteiger partial charge in [-0.2, -0.15) is 5.26 Å². The second kappa shape index (κ2) is 5.23. The van der Waals surface area contributed by atoms with Gasteiger partial charge in [-0.25, -0.2) is 0 Å². The van der Waals surface area contributed by atoms with Crippen LogP contribution in [0.25, 0.3) is 5.03 Å². The van der Waals surface area contributed by atoms with Gasteiger partial charge >= 0.3 is 0 Å². The average Bonchev–Trinajstić information content (AvgIpc) is 2.49. The number of furan rings is 1. The second-order valence-corrected chi connectivity index (χ2v) is 4.25. The molecule has 0 N–H and O–H groups in total. The van der Waals surface area contributed by atoms with Gasteiger partial charge in [-0.3, -0.25) is 0 Å². The molecule has 0 saturated carbocycles. The van der Waals surface area contributed by atoms with Crippen molar-refractivity contribution < 1.29 is 4.42 Å². The summed E-state index contributed by atoms with van der Waals surface area (Å²) in [6.07, 6.45) is 1.62. The van der Waals surface area contributed by atoms with E-state index in [1.165, 1.54) is 0 Å². The van der Waals surface area contributed by atoms with Crippen LogP contribution in [0.5, 0.6) is 0 Å². The van der Waals surface area contributed by atoms with Crippen molar-refractivity contribution in [2.75, 3.05) is 0 Å². The summed E-state index contributed by atoms with van der Waals surface area (Å²) in [6.45, 7) is 7.77. The normalized spacial score (nSPS) is 12.2. The van der Waals surface area contributed by atoms with Crippen LogP contribution in [-0.4, -0.2) is 0 Å². The molecule has 2 nitrogen and oxygen atoms in total. The minimum absolute atomic E-state index is 0.538. The van der Waals surface area contributed by atoms with Crippen LogP contribution in [-0.2, 0) is 0 Å². The molecular formula is C13H16ClNO. The summed E-state index contributed by atoms with van der Waals surface area (Å²) in [5.74, 6) is 1.64. The van der Waals surface area contributed by atoms with Crippen molar-refractivity contribution in [3.8, 4) is 6.07 Å². The summed E-state index contributed by atoms with van der Waals surface area (Å²) in [5.41, 5.74) is 2.53. The van der Waals surface area contributed by atoms with Crippen molar-refractivity contribution in [2.45, 2.75) is 40.5 Å². The molecule has 0 aliphatic heterocycles. The largest absolute Gasteiger partial charge is 0.466 e. The monoisotopic (exact) mass is 237 g/mol. The molecule has 0 bridgehead atoms. The highest BCUT2D eigenvalue weighted by Gasteiger charge is 2.17. The first-order chi connectivity index (χ1) is 7.52. The first-order valence-electron chi connectivity index (χ1n) is 5.38. The van der Waals surface area contributed by atoms with Gasteiger partial charge in [-0.15, -0.1) is 0 Å². The zero-order valence-electron chi connectivity index (χ0n) is 10.1. The third-order valence-corrected chi connectivity index (χ3v) is 3.10. The fourth-order valence-electron chi connectivity index (χ4n) is 1.73. The Morgan fingerprint density at radius 2 is 1.94 bits per heavy atom. The average molecular weight is 238 g/mol.